The number of rotatable bonds is 8. The molecule has 1 amide bonds. The summed E-state index contributed by atoms with van der Waals surface area (Å²) in [5, 5.41) is 10.9. The molecule has 2 unspecified atom stereocenters. The Morgan fingerprint density at radius 3 is 2.45 bits per heavy atom. The largest absolute Gasteiger partial charge is 0.496 e. The Labute approximate surface area is 183 Å². The quantitative estimate of drug-likeness (QED) is 0.471. The summed E-state index contributed by atoms with van der Waals surface area (Å²) in [7, 11) is 1.69. The number of hydrogen-bond donors (Lipinski definition) is 0. The lowest BCUT2D eigenvalue weighted by Gasteiger charge is -2.31. The minimum Gasteiger partial charge on any atom is -0.496 e. The first-order chi connectivity index (χ1) is 14.8. The Bertz CT molecular complexity index is 913. The molecule has 166 valence electrons. The third-order valence-corrected chi connectivity index (χ3v) is 6.07. The van der Waals surface area contributed by atoms with Gasteiger partial charge in [0, 0.05) is 57.2 Å². The number of nitro groups is 1. The molecule has 1 saturated heterocycles. The fourth-order valence-electron chi connectivity index (χ4n) is 4.54. The molecule has 3 rings (SSSR count). The third kappa shape index (κ3) is 5.41. The molecule has 0 radical (unpaired) electrons. The first-order valence-electron chi connectivity index (χ1n) is 10.7. The molecule has 1 aliphatic rings. The lowest BCUT2D eigenvalue weighted by atomic mass is 9.87. The molecule has 0 aromatic heterocycles. The van der Waals surface area contributed by atoms with Gasteiger partial charge in [0.2, 0.25) is 5.91 Å². The lowest BCUT2D eigenvalue weighted by Crippen LogP contribution is -2.40. The third-order valence-electron chi connectivity index (χ3n) is 6.07. The number of methoxy groups -OCH3 is 1. The second kappa shape index (κ2) is 9.92. The van der Waals surface area contributed by atoms with E-state index < -0.39 is 0 Å². The van der Waals surface area contributed by atoms with Gasteiger partial charge in [-0.15, -0.1) is 0 Å². The van der Waals surface area contributed by atoms with Crippen molar-refractivity contribution in [2.75, 3.05) is 26.7 Å². The van der Waals surface area contributed by atoms with Crippen molar-refractivity contribution in [2.45, 2.75) is 39.3 Å². The van der Waals surface area contributed by atoms with Gasteiger partial charge in [-0.3, -0.25) is 19.8 Å². The van der Waals surface area contributed by atoms with Gasteiger partial charge in [-0.2, -0.15) is 0 Å². The molecule has 31 heavy (non-hydrogen) atoms. The summed E-state index contributed by atoms with van der Waals surface area (Å²) < 4.78 is 5.63. The highest BCUT2D eigenvalue weighted by molar-refractivity contribution is 5.73. The van der Waals surface area contributed by atoms with E-state index in [2.05, 4.69) is 11.0 Å². The average molecular weight is 426 g/mol. The Morgan fingerprint density at radius 2 is 1.87 bits per heavy atom. The summed E-state index contributed by atoms with van der Waals surface area (Å²) in [5.41, 5.74) is 2.30. The van der Waals surface area contributed by atoms with Crippen molar-refractivity contribution < 1.29 is 14.5 Å². The molecule has 0 N–H and O–H groups in total. The Morgan fingerprint density at radius 1 is 1.19 bits per heavy atom. The zero-order chi connectivity index (χ0) is 22.5. The van der Waals surface area contributed by atoms with Gasteiger partial charge < -0.3 is 9.64 Å². The number of ether oxygens (including phenoxy) is 1. The topological polar surface area (TPSA) is 75.9 Å². The second-order valence-corrected chi connectivity index (χ2v) is 8.49. The molecule has 0 spiro atoms. The summed E-state index contributed by atoms with van der Waals surface area (Å²) in [4.78, 5) is 27.1. The summed E-state index contributed by atoms with van der Waals surface area (Å²) >= 11 is 0. The van der Waals surface area contributed by atoms with Crippen LogP contribution in [0.4, 0.5) is 5.69 Å². The number of nitrogens with zero attached hydrogens (tertiary/aromatic N) is 3. The molecule has 0 bridgehead atoms. The summed E-state index contributed by atoms with van der Waals surface area (Å²) in [6.45, 7) is 8.80. The number of carbonyl (C=O) groups excluding carboxylic acids is 1. The van der Waals surface area contributed by atoms with E-state index in [0.717, 1.165) is 30.0 Å². The molecule has 7 heteroatoms. The number of non-ortho nitro benzene ring substituents is 1. The predicted octanol–water partition coefficient (Wildman–Crippen LogP) is 4.08. The van der Waals surface area contributed by atoms with Crippen LogP contribution in [-0.2, 0) is 11.3 Å². The van der Waals surface area contributed by atoms with Gasteiger partial charge in [-0.1, -0.05) is 30.3 Å². The number of carbonyl (C=O) groups is 1. The van der Waals surface area contributed by atoms with Crippen LogP contribution < -0.4 is 4.74 Å². The molecule has 2 aromatic rings. The number of hydrogen-bond acceptors (Lipinski definition) is 5. The minimum absolute atomic E-state index is 0.0857. The van der Waals surface area contributed by atoms with Crippen molar-refractivity contribution in [1.82, 2.24) is 9.80 Å². The van der Waals surface area contributed by atoms with E-state index in [-0.39, 0.29) is 34.4 Å². The van der Waals surface area contributed by atoms with Crippen LogP contribution in [0.5, 0.6) is 5.75 Å². The fourth-order valence-corrected chi connectivity index (χ4v) is 4.54. The number of para-hydroxylation sites is 1. The number of nitro benzene ring substituents is 1. The van der Waals surface area contributed by atoms with Crippen LogP contribution in [-0.4, -0.2) is 53.4 Å². The van der Waals surface area contributed by atoms with Crippen molar-refractivity contribution in [3.63, 3.8) is 0 Å². The molecule has 0 aliphatic carbocycles. The number of amides is 1. The standard InChI is InChI=1S/C24H31N3O4/c1-17(2)26(18(3)28)15-20-14-25(13-19-9-11-21(12-10-19)27(29)30)16-23(20)22-7-5-6-8-24(22)31-4/h5-12,17,20,23H,13-16H2,1-4H3. The minimum atomic E-state index is -0.379. The summed E-state index contributed by atoms with van der Waals surface area (Å²) in [5.74, 6) is 1.45. The van der Waals surface area contributed by atoms with E-state index in [1.54, 1.807) is 26.2 Å². The van der Waals surface area contributed by atoms with E-state index in [0.29, 0.717) is 13.1 Å². The van der Waals surface area contributed by atoms with Crippen LogP contribution in [0.2, 0.25) is 0 Å². The van der Waals surface area contributed by atoms with Crippen molar-refractivity contribution in [3.05, 3.63) is 69.8 Å². The molecule has 2 aromatic carbocycles. The van der Waals surface area contributed by atoms with Crippen LogP contribution in [0.1, 0.15) is 37.8 Å². The maximum atomic E-state index is 12.2. The van der Waals surface area contributed by atoms with Crippen LogP contribution >= 0.6 is 0 Å². The molecule has 0 saturated carbocycles. The van der Waals surface area contributed by atoms with Crippen LogP contribution in [0.3, 0.4) is 0 Å². The second-order valence-electron chi connectivity index (χ2n) is 8.49. The van der Waals surface area contributed by atoms with Gasteiger partial charge in [0.05, 0.1) is 12.0 Å². The summed E-state index contributed by atoms with van der Waals surface area (Å²) in [6.07, 6.45) is 0. The zero-order valence-corrected chi connectivity index (χ0v) is 18.7. The molecule has 1 aliphatic heterocycles. The molecule has 2 atom stereocenters. The molecule has 1 fully saturated rings. The molecular formula is C24H31N3O4. The highest BCUT2D eigenvalue weighted by Crippen LogP contribution is 2.38. The highest BCUT2D eigenvalue weighted by atomic mass is 16.6. The van der Waals surface area contributed by atoms with E-state index >= 15 is 0 Å². The number of likely N-dealkylation sites (tertiary alicyclic amines) is 1. The fraction of sp³-hybridized carbons (Fsp3) is 0.458. The van der Waals surface area contributed by atoms with Gasteiger partial charge >= 0.3 is 0 Å². The van der Waals surface area contributed by atoms with Crippen LogP contribution in [0.25, 0.3) is 0 Å². The van der Waals surface area contributed by atoms with Crippen molar-refractivity contribution >= 4 is 11.6 Å². The monoisotopic (exact) mass is 425 g/mol. The summed E-state index contributed by atoms with van der Waals surface area (Å²) in [6, 6.07) is 15.0. The van der Waals surface area contributed by atoms with Gasteiger partial charge in [-0.25, -0.2) is 0 Å². The van der Waals surface area contributed by atoms with Crippen LogP contribution in [0.15, 0.2) is 48.5 Å². The average Bonchev–Trinajstić information content (AvgIpc) is 3.13. The van der Waals surface area contributed by atoms with E-state index in [1.165, 1.54) is 0 Å². The van der Waals surface area contributed by atoms with Gasteiger partial charge in [0.25, 0.3) is 5.69 Å². The molecule has 1 heterocycles. The van der Waals surface area contributed by atoms with Crippen molar-refractivity contribution in [1.29, 1.82) is 0 Å². The zero-order valence-electron chi connectivity index (χ0n) is 18.7. The predicted molar refractivity (Wildman–Crippen MR) is 120 cm³/mol. The lowest BCUT2D eigenvalue weighted by molar-refractivity contribution is -0.384. The Balaban J connectivity index is 1.84. The highest BCUT2D eigenvalue weighted by Gasteiger charge is 2.37. The first-order valence-corrected chi connectivity index (χ1v) is 10.7. The van der Waals surface area contributed by atoms with Gasteiger partial charge in [-0.05, 0) is 37.0 Å². The SMILES string of the molecule is COc1ccccc1C1CN(Cc2ccc([N+](=O)[O-])cc2)CC1CN(C(C)=O)C(C)C. The van der Waals surface area contributed by atoms with E-state index in [9.17, 15) is 14.9 Å². The molecular weight excluding hydrogens is 394 g/mol. The Hall–Kier alpha value is -2.93. The van der Waals surface area contributed by atoms with Gasteiger partial charge in [0.1, 0.15) is 5.75 Å². The van der Waals surface area contributed by atoms with Crippen molar-refractivity contribution in [2.24, 2.45) is 5.92 Å². The smallest absolute Gasteiger partial charge is 0.269 e. The number of benzene rings is 2. The maximum Gasteiger partial charge on any atom is 0.269 e. The molecule has 7 nitrogen and oxygen atoms in total. The Kier molecular flexibility index (Phi) is 7.28. The van der Waals surface area contributed by atoms with E-state index in [4.69, 9.17) is 4.74 Å². The van der Waals surface area contributed by atoms with Gasteiger partial charge in [0.15, 0.2) is 0 Å². The van der Waals surface area contributed by atoms with E-state index in [1.807, 2.05) is 49.1 Å². The van der Waals surface area contributed by atoms with Crippen LogP contribution in [0, 0.1) is 16.0 Å². The maximum absolute atomic E-state index is 12.2. The first kappa shape index (κ1) is 22.7. The normalized spacial score (nSPS) is 18.9. The van der Waals surface area contributed by atoms with Crippen molar-refractivity contribution in [3.8, 4) is 5.75 Å².